The van der Waals surface area contributed by atoms with E-state index >= 15 is 0 Å². The predicted octanol–water partition coefficient (Wildman–Crippen LogP) is 4.66. The first-order valence-electron chi connectivity index (χ1n) is 6.71. The summed E-state index contributed by atoms with van der Waals surface area (Å²) in [5.41, 5.74) is 2.37. The minimum atomic E-state index is -0.468. The van der Waals surface area contributed by atoms with Gasteiger partial charge in [0.05, 0.1) is 5.56 Å². The van der Waals surface area contributed by atoms with Crippen LogP contribution >= 0.6 is 0 Å². The quantitative estimate of drug-likeness (QED) is 0.725. The summed E-state index contributed by atoms with van der Waals surface area (Å²) in [4.78, 5) is 12.6. The fourth-order valence-electron chi connectivity index (χ4n) is 2.29. The fraction of sp³-hybridized carbons (Fsp3) is 0.278. The van der Waals surface area contributed by atoms with Gasteiger partial charge in [0.25, 0.3) is 0 Å². The molecule has 0 amide bonds. The van der Waals surface area contributed by atoms with Crippen molar-refractivity contribution in [2.24, 2.45) is 0 Å². The molecule has 0 fully saturated rings. The van der Waals surface area contributed by atoms with E-state index in [0.29, 0.717) is 5.56 Å². The van der Waals surface area contributed by atoms with Crippen molar-refractivity contribution in [2.75, 3.05) is 0 Å². The summed E-state index contributed by atoms with van der Waals surface area (Å²) in [6.45, 7) is 8.00. The van der Waals surface area contributed by atoms with Crippen LogP contribution in [0.4, 0.5) is 4.39 Å². The standard InChI is InChI=1S/C18H19FO/c1-12-9-10-16(19)14(11-12)17(20)13-7-5-6-8-15(13)18(2,3)4/h5-11H,1-4H3. The van der Waals surface area contributed by atoms with E-state index in [-0.39, 0.29) is 16.8 Å². The smallest absolute Gasteiger partial charge is 0.196 e. The summed E-state index contributed by atoms with van der Waals surface area (Å²) in [5.74, 6) is -0.721. The molecule has 0 atom stereocenters. The summed E-state index contributed by atoms with van der Waals surface area (Å²) < 4.78 is 13.9. The maximum atomic E-state index is 13.9. The third kappa shape index (κ3) is 2.79. The largest absolute Gasteiger partial charge is 0.288 e. The first kappa shape index (κ1) is 14.4. The van der Waals surface area contributed by atoms with Crippen molar-refractivity contribution in [3.63, 3.8) is 0 Å². The molecule has 1 nitrogen and oxygen atoms in total. The Morgan fingerprint density at radius 3 is 2.30 bits per heavy atom. The zero-order chi connectivity index (χ0) is 14.9. The molecule has 20 heavy (non-hydrogen) atoms. The Hall–Kier alpha value is -1.96. The molecule has 0 heterocycles. The lowest BCUT2D eigenvalue weighted by Gasteiger charge is -2.22. The number of benzene rings is 2. The summed E-state index contributed by atoms with van der Waals surface area (Å²) in [6.07, 6.45) is 0. The molecule has 0 aliphatic heterocycles. The number of carbonyl (C=O) groups is 1. The molecule has 0 aliphatic rings. The van der Waals surface area contributed by atoms with Crippen LogP contribution in [0.25, 0.3) is 0 Å². The van der Waals surface area contributed by atoms with Gasteiger partial charge >= 0.3 is 0 Å². The Balaban J connectivity index is 2.57. The average molecular weight is 270 g/mol. The van der Waals surface area contributed by atoms with Crippen LogP contribution in [0.3, 0.4) is 0 Å². The molecule has 2 heteroatoms. The van der Waals surface area contributed by atoms with Crippen LogP contribution in [-0.4, -0.2) is 5.78 Å². The highest BCUT2D eigenvalue weighted by Crippen LogP contribution is 2.28. The zero-order valence-electron chi connectivity index (χ0n) is 12.3. The lowest BCUT2D eigenvalue weighted by Crippen LogP contribution is -2.18. The number of hydrogen-bond donors (Lipinski definition) is 0. The van der Waals surface area contributed by atoms with Gasteiger partial charge in [0, 0.05) is 5.56 Å². The maximum Gasteiger partial charge on any atom is 0.196 e. The van der Waals surface area contributed by atoms with Gasteiger partial charge in [-0.1, -0.05) is 56.7 Å². The van der Waals surface area contributed by atoms with Gasteiger partial charge in [-0.3, -0.25) is 4.79 Å². The van der Waals surface area contributed by atoms with E-state index in [2.05, 4.69) is 0 Å². The molecule has 0 spiro atoms. The summed E-state index contributed by atoms with van der Waals surface area (Å²) >= 11 is 0. The average Bonchev–Trinajstić information content (AvgIpc) is 2.40. The van der Waals surface area contributed by atoms with E-state index in [4.69, 9.17) is 0 Å². The third-order valence-corrected chi connectivity index (χ3v) is 3.35. The molecule has 0 saturated carbocycles. The van der Waals surface area contributed by atoms with Crippen LogP contribution in [-0.2, 0) is 5.41 Å². The summed E-state index contributed by atoms with van der Waals surface area (Å²) in [5, 5.41) is 0. The molecule has 0 bridgehead atoms. The minimum absolute atomic E-state index is 0.140. The van der Waals surface area contributed by atoms with E-state index in [0.717, 1.165) is 11.1 Å². The van der Waals surface area contributed by atoms with E-state index in [9.17, 15) is 9.18 Å². The number of ketones is 1. The van der Waals surface area contributed by atoms with E-state index < -0.39 is 5.82 Å². The molecule has 0 saturated heterocycles. The Morgan fingerprint density at radius 2 is 1.65 bits per heavy atom. The van der Waals surface area contributed by atoms with Crippen LogP contribution in [0, 0.1) is 12.7 Å². The zero-order valence-corrected chi connectivity index (χ0v) is 12.3. The molecule has 0 unspecified atom stereocenters. The van der Waals surface area contributed by atoms with Crippen molar-refractivity contribution < 1.29 is 9.18 Å². The second-order valence-electron chi connectivity index (χ2n) is 6.11. The first-order chi connectivity index (χ1) is 9.30. The first-order valence-corrected chi connectivity index (χ1v) is 6.71. The number of hydrogen-bond acceptors (Lipinski definition) is 1. The number of halogens is 1. The molecule has 0 aliphatic carbocycles. The van der Waals surface area contributed by atoms with Crippen molar-refractivity contribution >= 4 is 5.78 Å². The molecule has 104 valence electrons. The van der Waals surface area contributed by atoms with Gasteiger partial charge in [-0.15, -0.1) is 0 Å². The third-order valence-electron chi connectivity index (χ3n) is 3.35. The van der Waals surface area contributed by atoms with Crippen LogP contribution in [0.2, 0.25) is 0 Å². The molecule has 2 aromatic rings. The maximum absolute atomic E-state index is 13.9. The molecule has 0 radical (unpaired) electrons. The van der Waals surface area contributed by atoms with E-state index in [1.807, 2.05) is 45.9 Å². The van der Waals surface area contributed by atoms with Crippen molar-refractivity contribution in [1.82, 2.24) is 0 Å². The molecule has 0 aromatic heterocycles. The predicted molar refractivity (Wildman–Crippen MR) is 79.7 cm³/mol. The van der Waals surface area contributed by atoms with E-state index in [1.54, 1.807) is 18.2 Å². The Morgan fingerprint density at radius 1 is 1.00 bits per heavy atom. The lowest BCUT2D eigenvalue weighted by atomic mass is 9.81. The minimum Gasteiger partial charge on any atom is -0.288 e. The van der Waals surface area contributed by atoms with Gasteiger partial charge in [0.1, 0.15) is 5.82 Å². The van der Waals surface area contributed by atoms with Gasteiger partial charge in [-0.05, 0) is 30.0 Å². The van der Waals surface area contributed by atoms with Crippen LogP contribution < -0.4 is 0 Å². The molecule has 2 aromatic carbocycles. The molecular weight excluding hydrogens is 251 g/mol. The fourth-order valence-corrected chi connectivity index (χ4v) is 2.29. The van der Waals surface area contributed by atoms with Crippen molar-refractivity contribution in [2.45, 2.75) is 33.1 Å². The highest BCUT2D eigenvalue weighted by molar-refractivity contribution is 6.10. The second kappa shape index (κ2) is 5.20. The highest BCUT2D eigenvalue weighted by Gasteiger charge is 2.23. The normalized spacial score (nSPS) is 11.4. The monoisotopic (exact) mass is 270 g/mol. The Bertz CT molecular complexity index is 651. The van der Waals surface area contributed by atoms with Gasteiger partial charge in [0.15, 0.2) is 5.78 Å². The molecule has 2 rings (SSSR count). The van der Waals surface area contributed by atoms with E-state index in [1.165, 1.54) is 6.07 Å². The van der Waals surface area contributed by atoms with Crippen LogP contribution in [0.5, 0.6) is 0 Å². The van der Waals surface area contributed by atoms with Gasteiger partial charge in [0.2, 0.25) is 0 Å². The van der Waals surface area contributed by atoms with Crippen molar-refractivity contribution in [3.8, 4) is 0 Å². The summed E-state index contributed by atoms with van der Waals surface area (Å²) in [6, 6.07) is 12.0. The van der Waals surface area contributed by atoms with Gasteiger partial charge in [-0.2, -0.15) is 0 Å². The van der Waals surface area contributed by atoms with Crippen molar-refractivity contribution in [3.05, 3.63) is 70.5 Å². The Kier molecular flexibility index (Phi) is 3.76. The lowest BCUT2D eigenvalue weighted by molar-refractivity contribution is 0.103. The molecule has 0 N–H and O–H groups in total. The SMILES string of the molecule is Cc1ccc(F)c(C(=O)c2ccccc2C(C)(C)C)c1. The Labute approximate surface area is 119 Å². The van der Waals surface area contributed by atoms with Crippen molar-refractivity contribution in [1.29, 1.82) is 0 Å². The number of rotatable bonds is 2. The topological polar surface area (TPSA) is 17.1 Å². The number of carbonyl (C=O) groups excluding carboxylic acids is 1. The summed E-state index contributed by atoms with van der Waals surface area (Å²) in [7, 11) is 0. The highest BCUT2D eigenvalue weighted by atomic mass is 19.1. The molecular formula is C18H19FO. The van der Waals surface area contributed by atoms with Crippen LogP contribution in [0.1, 0.15) is 47.8 Å². The second-order valence-corrected chi connectivity index (χ2v) is 6.11. The van der Waals surface area contributed by atoms with Gasteiger partial charge < -0.3 is 0 Å². The number of aryl methyl sites for hydroxylation is 1. The van der Waals surface area contributed by atoms with Gasteiger partial charge in [-0.25, -0.2) is 4.39 Å². The van der Waals surface area contributed by atoms with Crippen LogP contribution in [0.15, 0.2) is 42.5 Å².